The van der Waals surface area contributed by atoms with Gasteiger partial charge < -0.3 is 19.7 Å². The van der Waals surface area contributed by atoms with Crippen LogP contribution in [0.25, 0.3) is 0 Å². The molecule has 1 aromatic rings. The van der Waals surface area contributed by atoms with Crippen molar-refractivity contribution in [1.82, 2.24) is 15.2 Å². The third-order valence-electron chi connectivity index (χ3n) is 7.90. The second kappa shape index (κ2) is 10.4. The molecule has 4 aliphatic rings. The molecule has 0 aromatic carbocycles. The number of anilines is 1. The van der Waals surface area contributed by atoms with E-state index < -0.39 is 0 Å². The lowest BCUT2D eigenvalue weighted by atomic mass is 9.83. The summed E-state index contributed by atoms with van der Waals surface area (Å²) in [6, 6.07) is 2.47. The van der Waals surface area contributed by atoms with E-state index in [9.17, 15) is 4.79 Å². The predicted octanol–water partition coefficient (Wildman–Crippen LogP) is 2.63. The largest absolute Gasteiger partial charge is 0.489 e. The second-order valence-electron chi connectivity index (χ2n) is 9.95. The number of aromatic nitrogens is 1. The van der Waals surface area contributed by atoms with Crippen LogP contribution in [0.2, 0.25) is 0 Å². The van der Waals surface area contributed by atoms with Crippen LogP contribution < -0.4 is 15.0 Å². The van der Waals surface area contributed by atoms with Crippen molar-refractivity contribution < 1.29 is 14.3 Å². The summed E-state index contributed by atoms with van der Waals surface area (Å²) in [5, 5.41) is 3.33. The summed E-state index contributed by atoms with van der Waals surface area (Å²) in [5.41, 5.74) is 1.30. The van der Waals surface area contributed by atoms with Gasteiger partial charge in [-0.1, -0.05) is 0 Å². The number of fused-ring (bicyclic) bond motifs is 1. The van der Waals surface area contributed by atoms with Crippen LogP contribution in [0, 0.1) is 11.8 Å². The summed E-state index contributed by atoms with van der Waals surface area (Å²) in [6.07, 6.45) is 10.7. The van der Waals surface area contributed by atoms with Gasteiger partial charge in [-0.05, 0) is 63.5 Å². The average Bonchev–Trinajstić information content (AvgIpc) is 3.34. The van der Waals surface area contributed by atoms with E-state index in [1.165, 1.54) is 31.4 Å². The van der Waals surface area contributed by atoms with Gasteiger partial charge in [0, 0.05) is 69.5 Å². The third kappa shape index (κ3) is 5.20. The van der Waals surface area contributed by atoms with E-state index >= 15 is 0 Å². The fourth-order valence-corrected chi connectivity index (χ4v) is 5.74. The summed E-state index contributed by atoms with van der Waals surface area (Å²) in [6.45, 7) is 7.69. The van der Waals surface area contributed by atoms with E-state index in [0.29, 0.717) is 6.04 Å². The van der Waals surface area contributed by atoms with E-state index in [-0.39, 0.29) is 11.8 Å². The normalized spacial score (nSPS) is 27.1. The van der Waals surface area contributed by atoms with Crippen molar-refractivity contribution in [2.24, 2.45) is 11.8 Å². The molecule has 1 N–H and O–H groups in total. The lowest BCUT2D eigenvalue weighted by molar-refractivity contribution is -0.128. The molecule has 176 valence electrons. The minimum atomic E-state index is 0.166. The fraction of sp³-hybridized carbons (Fsp3) is 0.760. The van der Waals surface area contributed by atoms with Gasteiger partial charge in [-0.25, -0.2) is 4.98 Å². The first-order chi connectivity index (χ1) is 15.8. The molecule has 1 aromatic heterocycles. The van der Waals surface area contributed by atoms with Crippen molar-refractivity contribution in [2.45, 2.75) is 57.4 Å². The maximum atomic E-state index is 12.5. The number of carbonyl (C=O) groups is 1. The van der Waals surface area contributed by atoms with Gasteiger partial charge in [-0.15, -0.1) is 0 Å². The molecular formula is C25H38N4O3. The van der Waals surface area contributed by atoms with Gasteiger partial charge >= 0.3 is 0 Å². The SMILES string of the molecule is O=C(N[C@H]1CC[C@H](CCN2CCN(c3nccc4c3OCC4)CC2)CC1)C1CCOCC1. The Hall–Kier alpha value is -1.86. The molecular weight excluding hydrogens is 404 g/mol. The predicted molar refractivity (Wildman–Crippen MR) is 124 cm³/mol. The smallest absolute Gasteiger partial charge is 0.223 e. The Morgan fingerprint density at radius 3 is 2.59 bits per heavy atom. The van der Waals surface area contributed by atoms with Crippen LogP contribution in [0.15, 0.2) is 12.3 Å². The standard InChI is InChI=1S/C25H38N4O3/c30-25(21-7-16-31-17-8-21)27-22-3-1-19(2-4-22)6-11-28-12-14-29(15-13-28)24-23-20(5-10-26-24)9-18-32-23/h5,10,19,21-22H,1-4,6-9,11-18H2,(H,27,30)/t19-,22-. The first kappa shape index (κ1) is 22.0. The Labute approximate surface area is 191 Å². The molecule has 0 radical (unpaired) electrons. The minimum absolute atomic E-state index is 0.166. The van der Waals surface area contributed by atoms with Crippen LogP contribution in [0.1, 0.15) is 50.5 Å². The van der Waals surface area contributed by atoms with Crippen LogP contribution in [-0.4, -0.2) is 74.4 Å². The van der Waals surface area contributed by atoms with Gasteiger partial charge in [-0.3, -0.25) is 9.69 Å². The number of amides is 1. The Bertz CT molecular complexity index is 766. The highest BCUT2D eigenvalue weighted by Gasteiger charge is 2.28. The molecule has 5 rings (SSSR count). The quantitative estimate of drug-likeness (QED) is 0.731. The molecule has 0 atom stereocenters. The number of pyridine rings is 1. The molecule has 3 aliphatic heterocycles. The number of ether oxygens (including phenoxy) is 2. The topological polar surface area (TPSA) is 66.9 Å². The second-order valence-corrected chi connectivity index (χ2v) is 9.95. The van der Waals surface area contributed by atoms with Crippen LogP contribution in [0.4, 0.5) is 5.82 Å². The van der Waals surface area contributed by atoms with Crippen LogP contribution in [-0.2, 0) is 16.0 Å². The first-order valence-electron chi connectivity index (χ1n) is 12.7. The molecule has 1 aliphatic carbocycles. The number of piperazine rings is 1. The number of nitrogens with one attached hydrogen (secondary N) is 1. The van der Waals surface area contributed by atoms with E-state index in [0.717, 1.165) is 95.6 Å². The van der Waals surface area contributed by atoms with Crippen molar-refractivity contribution in [1.29, 1.82) is 0 Å². The zero-order valence-corrected chi connectivity index (χ0v) is 19.3. The van der Waals surface area contributed by atoms with Gasteiger partial charge in [-0.2, -0.15) is 0 Å². The number of hydrogen-bond donors (Lipinski definition) is 1. The molecule has 7 heteroatoms. The van der Waals surface area contributed by atoms with Crippen molar-refractivity contribution in [3.05, 3.63) is 17.8 Å². The van der Waals surface area contributed by atoms with Gasteiger partial charge in [0.25, 0.3) is 0 Å². The molecule has 3 fully saturated rings. The van der Waals surface area contributed by atoms with Crippen LogP contribution in [0.3, 0.4) is 0 Å². The number of nitrogens with zero attached hydrogens (tertiary/aromatic N) is 3. The number of rotatable bonds is 6. The van der Waals surface area contributed by atoms with Crippen molar-refractivity contribution in [3.8, 4) is 5.75 Å². The molecule has 1 saturated carbocycles. The Morgan fingerprint density at radius 2 is 1.81 bits per heavy atom. The van der Waals surface area contributed by atoms with Crippen molar-refractivity contribution in [3.63, 3.8) is 0 Å². The fourth-order valence-electron chi connectivity index (χ4n) is 5.74. The van der Waals surface area contributed by atoms with E-state index in [1.54, 1.807) is 0 Å². The minimum Gasteiger partial charge on any atom is -0.489 e. The van der Waals surface area contributed by atoms with Gasteiger partial charge in [0.1, 0.15) is 0 Å². The number of hydrogen-bond acceptors (Lipinski definition) is 6. The Kier molecular flexibility index (Phi) is 7.13. The molecule has 0 unspecified atom stereocenters. The molecule has 0 bridgehead atoms. The zero-order valence-electron chi connectivity index (χ0n) is 19.3. The molecule has 32 heavy (non-hydrogen) atoms. The third-order valence-corrected chi connectivity index (χ3v) is 7.90. The molecule has 7 nitrogen and oxygen atoms in total. The van der Waals surface area contributed by atoms with Gasteiger partial charge in [0.2, 0.25) is 5.91 Å². The van der Waals surface area contributed by atoms with Gasteiger partial charge in [0.15, 0.2) is 11.6 Å². The summed E-state index contributed by atoms with van der Waals surface area (Å²) in [7, 11) is 0. The highest BCUT2D eigenvalue weighted by molar-refractivity contribution is 5.79. The van der Waals surface area contributed by atoms with Crippen molar-refractivity contribution >= 4 is 11.7 Å². The van der Waals surface area contributed by atoms with Crippen LogP contribution >= 0.6 is 0 Å². The lowest BCUT2D eigenvalue weighted by Crippen LogP contribution is -2.47. The summed E-state index contributed by atoms with van der Waals surface area (Å²) >= 11 is 0. The first-order valence-corrected chi connectivity index (χ1v) is 12.7. The molecule has 2 saturated heterocycles. The van der Waals surface area contributed by atoms with Gasteiger partial charge in [0.05, 0.1) is 6.61 Å². The maximum Gasteiger partial charge on any atom is 0.223 e. The number of carbonyl (C=O) groups excluding carboxylic acids is 1. The van der Waals surface area contributed by atoms with Crippen LogP contribution in [0.5, 0.6) is 5.75 Å². The molecule has 1 amide bonds. The lowest BCUT2D eigenvalue weighted by Gasteiger charge is -2.37. The van der Waals surface area contributed by atoms with Crippen molar-refractivity contribution in [2.75, 3.05) is 57.4 Å². The Balaban J connectivity index is 1.00. The van der Waals surface area contributed by atoms with E-state index in [2.05, 4.69) is 26.2 Å². The maximum absolute atomic E-state index is 12.5. The summed E-state index contributed by atoms with van der Waals surface area (Å²) in [4.78, 5) is 22.1. The summed E-state index contributed by atoms with van der Waals surface area (Å²) in [5.74, 6) is 3.29. The Morgan fingerprint density at radius 1 is 1.03 bits per heavy atom. The highest BCUT2D eigenvalue weighted by Crippen LogP contribution is 2.34. The van der Waals surface area contributed by atoms with E-state index in [1.807, 2.05) is 6.20 Å². The highest BCUT2D eigenvalue weighted by atomic mass is 16.5. The molecule has 0 spiro atoms. The average molecular weight is 443 g/mol. The molecule has 4 heterocycles. The van der Waals surface area contributed by atoms with E-state index in [4.69, 9.17) is 9.47 Å². The summed E-state index contributed by atoms with van der Waals surface area (Å²) < 4.78 is 11.2. The zero-order chi connectivity index (χ0) is 21.8. The monoisotopic (exact) mass is 442 g/mol.